The summed E-state index contributed by atoms with van der Waals surface area (Å²) in [6.07, 6.45) is 0.166. The third-order valence-electron chi connectivity index (χ3n) is 3.23. The average Bonchev–Trinajstić information content (AvgIpc) is 2.45. The maximum atomic E-state index is 9.43. The molecule has 1 aliphatic heterocycles. The summed E-state index contributed by atoms with van der Waals surface area (Å²) < 4.78 is 16.8. The van der Waals surface area contributed by atoms with E-state index in [9.17, 15) is 5.26 Å². The normalized spacial score (nSPS) is 22.4. The van der Waals surface area contributed by atoms with Crippen LogP contribution in [-0.4, -0.2) is 19.0 Å². The molecule has 1 aromatic carbocycles. The molecule has 0 N–H and O–H groups in total. The van der Waals surface area contributed by atoms with E-state index in [0.717, 1.165) is 5.56 Å². The molecule has 0 unspecified atom stereocenters. The summed E-state index contributed by atoms with van der Waals surface area (Å²) in [5.41, 5.74) is 1.25. The van der Waals surface area contributed by atoms with Crippen LogP contribution in [0.25, 0.3) is 0 Å². The van der Waals surface area contributed by atoms with Gasteiger partial charge in [-0.2, -0.15) is 5.26 Å². The molecule has 4 nitrogen and oxygen atoms in total. The summed E-state index contributed by atoms with van der Waals surface area (Å²) in [5.74, 6) is 0.180. The Morgan fingerprint density at radius 3 is 2.43 bits per heavy atom. The van der Waals surface area contributed by atoms with Gasteiger partial charge in [0.25, 0.3) is 5.95 Å². The van der Waals surface area contributed by atoms with Crippen molar-refractivity contribution in [1.82, 2.24) is 0 Å². The fraction of sp³-hybridized carbons (Fsp3) is 0.471. The first-order chi connectivity index (χ1) is 9.94. The van der Waals surface area contributed by atoms with Crippen molar-refractivity contribution in [3.05, 3.63) is 47.4 Å². The highest BCUT2D eigenvalue weighted by Crippen LogP contribution is 2.38. The number of ether oxygens (including phenoxy) is 3. The summed E-state index contributed by atoms with van der Waals surface area (Å²) in [7, 11) is 1.51. The number of rotatable bonds is 3. The van der Waals surface area contributed by atoms with Gasteiger partial charge in [-0.3, -0.25) is 0 Å². The van der Waals surface area contributed by atoms with Gasteiger partial charge in [-0.1, -0.05) is 30.3 Å². The maximum absolute atomic E-state index is 9.43. The molecular formula is C17H21NO3. The summed E-state index contributed by atoms with van der Waals surface area (Å²) in [5, 5.41) is 9.43. The molecule has 112 valence electrons. The third kappa shape index (κ3) is 3.77. The number of benzene rings is 1. The van der Waals surface area contributed by atoms with Crippen LogP contribution in [0, 0.1) is 11.3 Å². The predicted molar refractivity (Wildman–Crippen MR) is 79.2 cm³/mol. The molecule has 0 bridgehead atoms. The lowest BCUT2D eigenvalue weighted by Gasteiger charge is -2.34. The van der Waals surface area contributed by atoms with E-state index in [1.165, 1.54) is 7.11 Å². The van der Waals surface area contributed by atoms with Gasteiger partial charge < -0.3 is 14.2 Å². The number of hydrogen-bond acceptors (Lipinski definition) is 4. The molecule has 4 heteroatoms. The SMILES string of the molecule is COC1=C(C#N)[C@H](c2ccccc2)C[C@H](OC(C)(C)C)O1. The number of hydrogen-bond donors (Lipinski definition) is 0. The van der Waals surface area contributed by atoms with Crippen molar-refractivity contribution >= 4 is 0 Å². The van der Waals surface area contributed by atoms with E-state index in [0.29, 0.717) is 12.0 Å². The summed E-state index contributed by atoms with van der Waals surface area (Å²) in [6.45, 7) is 5.93. The van der Waals surface area contributed by atoms with E-state index in [4.69, 9.17) is 14.2 Å². The Balaban J connectivity index is 2.34. The van der Waals surface area contributed by atoms with Gasteiger partial charge in [-0.05, 0) is 26.3 Å². The molecule has 0 saturated heterocycles. The lowest BCUT2D eigenvalue weighted by molar-refractivity contribution is -0.206. The lowest BCUT2D eigenvalue weighted by atomic mass is 9.87. The average molecular weight is 287 g/mol. The van der Waals surface area contributed by atoms with Crippen molar-refractivity contribution in [2.75, 3.05) is 7.11 Å². The van der Waals surface area contributed by atoms with Crippen molar-refractivity contribution in [2.45, 2.75) is 45.0 Å². The van der Waals surface area contributed by atoms with Crippen LogP contribution in [-0.2, 0) is 14.2 Å². The first-order valence-corrected chi connectivity index (χ1v) is 7.02. The molecule has 1 heterocycles. The van der Waals surface area contributed by atoms with E-state index in [1.807, 2.05) is 51.1 Å². The number of allylic oxidation sites excluding steroid dienone is 1. The molecule has 1 aromatic rings. The van der Waals surface area contributed by atoms with Gasteiger partial charge in [0.2, 0.25) is 6.29 Å². The Bertz CT molecular complexity index is 552. The summed E-state index contributed by atoms with van der Waals surface area (Å²) >= 11 is 0. The molecule has 0 fully saturated rings. The van der Waals surface area contributed by atoms with Crippen LogP contribution in [0.1, 0.15) is 38.7 Å². The highest BCUT2D eigenvalue weighted by atomic mass is 16.8. The summed E-state index contributed by atoms with van der Waals surface area (Å²) in [6, 6.07) is 12.1. The van der Waals surface area contributed by atoms with Crippen molar-refractivity contribution in [1.29, 1.82) is 5.26 Å². The van der Waals surface area contributed by atoms with Crippen LogP contribution in [0.5, 0.6) is 0 Å². The Morgan fingerprint density at radius 1 is 1.24 bits per heavy atom. The molecule has 0 spiro atoms. The van der Waals surface area contributed by atoms with Crippen molar-refractivity contribution in [3.63, 3.8) is 0 Å². The second kappa shape index (κ2) is 6.19. The predicted octanol–water partition coefficient (Wildman–Crippen LogP) is 3.71. The van der Waals surface area contributed by atoms with Gasteiger partial charge in [-0.25, -0.2) is 0 Å². The number of nitriles is 1. The second-order valence-corrected chi connectivity index (χ2v) is 5.99. The highest BCUT2D eigenvalue weighted by molar-refractivity contribution is 5.38. The highest BCUT2D eigenvalue weighted by Gasteiger charge is 2.35. The molecule has 2 atom stereocenters. The van der Waals surface area contributed by atoms with E-state index in [2.05, 4.69) is 6.07 Å². The fourth-order valence-electron chi connectivity index (χ4n) is 2.42. The monoisotopic (exact) mass is 287 g/mol. The first kappa shape index (κ1) is 15.4. The van der Waals surface area contributed by atoms with Gasteiger partial charge in [-0.15, -0.1) is 0 Å². The van der Waals surface area contributed by atoms with Crippen LogP contribution >= 0.6 is 0 Å². The number of nitrogens with zero attached hydrogens (tertiary/aromatic N) is 1. The minimum absolute atomic E-state index is 0.0766. The Morgan fingerprint density at radius 2 is 1.90 bits per heavy atom. The zero-order chi connectivity index (χ0) is 15.5. The van der Waals surface area contributed by atoms with Crippen LogP contribution in [0.15, 0.2) is 41.9 Å². The maximum Gasteiger partial charge on any atom is 0.296 e. The molecule has 0 saturated carbocycles. The van der Waals surface area contributed by atoms with E-state index < -0.39 is 6.29 Å². The smallest absolute Gasteiger partial charge is 0.296 e. The lowest BCUT2D eigenvalue weighted by Crippen LogP contribution is -2.34. The topological polar surface area (TPSA) is 51.5 Å². The quantitative estimate of drug-likeness (QED) is 0.850. The first-order valence-electron chi connectivity index (χ1n) is 7.02. The molecule has 0 aromatic heterocycles. The van der Waals surface area contributed by atoms with Gasteiger partial charge in [0.05, 0.1) is 12.7 Å². The van der Waals surface area contributed by atoms with Crippen molar-refractivity contribution in [3.8, 4) is 6.07 Å². The molecule has 0 amide bonds. The van der Waals surface area contributed by atoms with Gasteiger partial charge in [0, 0.05) is 12.3 Å². The largest absolute Gasteiger partial charge is 0.468 e. The van der Waals surface area contributed by atoms with Crippen LogP contribution < -0.4 is 0 Å². The Kier molecular flexibility index (Phi) is 4.54. The zero-order valence-electron chi connectivity index (χ0n) is 12.9. The van der Waals surface area contributed by atoms with Crippen molar-refractivity contribution < 1.29 is 14.2 Å². The van der Waals surface area contributed by atoms with Gasteiger partial charge in [0.15, 0.2) is 0 Å². The minimum atomic E-state index is -0.428. The van der Waals surface area contributed by atoms with E-state index in [-0.39, 0.29) is 17.5 Å². The third-order valence-corrected chi connectivity index (χ3v) is 3.23. The van der Waals surface area contributed by atoms with E-state index in [1.54, 1.807) is 0 Å². The number of methoxy groups -OCH3 is 1. The van der Waals surface area contributed by atoms with Crippen LogP contribution in [0.4, 0.5) is 0 Å². The molecule has 0 aliphatic carbocycles. The minimum Gasteiger partial charge on any atom is -0.468 e. The van der Waals surface area contributed by atoms with Gasteiger partial charge in [0.1, 0.15) is 11.6 Å². The van der Waals surface area contributed by atoms with Crippen molar-refractivity contribution in [2.24, 2.45) is 0 Å². The molecule has 2 rings (SSSR count). The molecule has 21 heavy (non-hydrogen) atoms. The Labute approximate surface area is 125 Å². The molecule has 1 aliphatic rings. The summed E-state index contributed by atoms with van der Waals surface area (Å²) in [4.78, 5) is 0. The standard InChI is InChI=1S/C17H21NO3/c1-17(2,3)21-15-10-13(12-8-6-5-7-9-12)14(11-18)16(19-4)20-15/h5-9,13,15H,10H2,1-4H3/t13-,15-/m0/s1. The Hall–Kier alpha value is -1.99. The molecular weight excluding hydrogens is 266 g/mol. The second-order valence-electron chi connectivity index (χ2n) is 5.99. The van der Waals surface area contributed by atoms with Crippen LogP contribution in [0.3, 0.4) is 0 Å². The fourth-order valence-corrected chi connectivity index (χ4v) is 2.42. The van der Waals surface area contributed by atoms with Crippen LogP contribution in [0.2, 0.25) is 0 Å². The molecule has 0 radical (unpaired) electrons. The zero-order valence-corrected chi connectivity index (χ0v) is 12.9. The van der Waals surface area contributed by atoms with Gasteiger partial charge >= 0.3 is 0 Å². The van der Waals surface area contributed by atoms with E-state index >= 15 is 0 Å².